The van der Waals surface area contributed by atoms with Crippen LogP contribution in [0, 0.1) is 0 Å². The zero-order valence-electron chi connectivity index (χ0n) is 11.3. The van der Waals surface area contributed by atoms with Crippen LogP contribution in [0.25, 0.3) is 10.9 Å². The Hall–Kier alpha value is -2.86. The summed E-state index contributed by atoms with van der Waals surface area (Å²) in [5.74, 6) is 0. The fraction of sp³-hybridized carbons (Fsp3) is 0. The van der Waals surface area contributed by atoms with Gasteiger partial charge in [0.1, 0.15) is 0 Å². The molecule has 0 radical (unpaired) electrons. The molecule has 0 aliphatic heterocycles. The van der Waals surface area contributed by atoms with E-state index >= 15 is 0 Å². The standard InChI is InChI=1S/C15H11ClN4O2/c16-9-1-3-10(4-2-9)19-15(22)20-11-5-6-12-13(7-11)17-8-18-14(12)21/h1-8H,(H,17,18,21)(H2,19,20,22). The molecule has 0 unspecified atom stereocenters. The second-order valence-electron chi connectivity index (χ2n) is 4.55. The summed E-state index contributed by atoms with van der Waals surface area (Å²) in [6.45, 7) is 0. The molecule has 0 saturated heterocycles. The number of carbonyl (C=O) groups is 1. The number of anilines is 2. The minimum absolute atomic E-state index is 0.220. The SMILES string of the molecule is O=C(Nc1ccc(Cl)cc1)Nc1ccc2c(=O)[nH]cnc2c1. The van der Waals surface area contributed by atoms with Crippen molar-refractivity contribution in [1.82, 2.24) is 9.97 Å². The molecule has 3 aromatic rings. The Bertz CT molecular complexity index is 890. The first-order valence-corrected chi connectivity index (χ1v) is 6.81. The first-order chi connectivity index (χ1) is 10.6. The average molecular weight is 315 g/mol. The van der Waals surface area contributed by atoms with Gasteiger partial charge in [0.2, 0.25) is 0 Å². The van der Waals surface area contributed by atoms with Crippen molar-refractivity contribution in [2.24, 2.45) is 0 Å². The number of fused-ring (bicyclic) bond motifs is 1. The summed E-state index contributed by atoms with van der Waals surface area (Å²) in [6.07, 6.45) is 1.32. The van der Waals surface area contributed by atoms with Crippen LogP contribution >= 0.6 is 11.6 Å². The van der Waals surface area contributed by atoms with E-state index in [9.17, 15) is 9.59 Å². The van der Waals surface area contributed by atoms with Gasteiger partial charge in [-0.1, -0.05) is 11.6 Å². The van der Waals surface area contributed by atoms with Gasteiger partial charge in [0, 0.05) is 16.4 Å². The number of amides is 2. The second kappa shape index (κ2) is 5.87. The summed E-state index contributed by atoms with van der Waals surface area (Å²) in [7, 11) is 0. The molecule has 3 rings (SSSR count). The molecule has 0 saturated carbocycles. The summed E-state index contributed by atoms with van der Waals surface area (Å²) in [5.41, 5.74) is 1.45. The van der Waals surface area contributed by atoms with E-state index in [1.807, 2.05) is 0 Å². The van der Waals surface area contributed by atoms with Crippen molar-refractivity contribution in [2.75, 3.05) is 10.6 Å². The molecule has 0 atom stereocenters. The third kappa shape index (κ3) is 3.07. The molecule has 6 nitrogen and oxygen atoms in total. The van der Waals surface area contributed by atoms with Crippen LogP contribution in [-0.2, 0) is 0 Å². The molecule has 0 aliphatic carbocycles. The molecule has 0 spiro atoms. The molecule has 0 aliphatic rings. The number of halogens is 1. The highest BCUT2D eigenvalue weighted by Crippen LogP contribution is 2.16. The van der Waals surface area contributed by atoms with E-state index in [1.165, 1.54) is 6.33 Å². The van der Waals surface area contributed by atoms with Crippen LogP contribution in [0.1, 0.15) is 0 Å². The van der Waals surface area contributed by atoms with Gasteiger partial charge in [-0.15, -0.1) is 0 Å². The highest BCUT2D eigenvalue weighted by atomic mass is 35.5. The number of nitrogens with zero attached hydrogens (tertiary/aromatic N) is 1. The molecule has 7 heteroatoms. The van der Waals surface area contributed by atoms with Crippen molar-refractivity contribution in [3.8, 4) is 0 Å². The lowest BCUT2D eigenvalue weighted by Gasteiger charge is -2.08. The van der Waals surface area contributed by atoms with Crippen molar-refractivity contribution in [3.63, 3.8) is 0 Å². The Balaban J connectivity index is 1.76. The van der Waals surface area contributed by atoms with Crippen molar-refractivity contribution < 1.29 is 4.79 Å². The molecule has 2 amide bonds. The average Bonchev–Trinajstić information content (AvgIpc) is 2.50. The number of H-pyrrole nitrogens is 1. The van der Waals surface area contributed by atoms with E-state index in [-0.39, 0.29) is 5.56 Å². The van der Waals surface area contributed by atoms with Gasteiger partial charge in [-0.2, -0.15) is 0 Å². The van der Waals surface area contributed by atoms with Gasteiger partial charge in [-0.05, 0) is 42.5 Å². The van der Waals surface area contributed by atoms with Gasteiger partial charge < -0.3 is 15.6 Å². The van der Waals surface area contributed by atoms with Gasteiger partial charge in [-0.3, -0.25) is 4.79 Å². The zero-order valence-corrected chi connectivity index (χ0v) is 12.0. The predicted molar refractivity (Wildman–Crippen MR) is 86.5 cm³/mol. The van der Waals surface area contributed by atoms with Crippen molar-refractivity contribution >= 4 is 39.9 Å². The lowest BCUT2D eigenvalue weighted by Crippen LogP contribution is -2.19. The monoisotopic (exact) mass is 314 g/mol. The first-order valence-electron chi connectivity index (χ1n) is 6.43. The first kappa shape index (κ1) is 14.1. The normalized spacial score (nSPS) is 10.4. The molecule has 2 aromatic carbocycles. The number of urea groups is 1. The van der Waals surface area contributed by atoms with Crippen LogP contribution in [0.2, 0.25) is 5.02 Å². The van der Waals surface area contributed by atoms with Gasteiger partial charge >= 0.3 is 6.03 Å². The molecule has 3 N–H and O–H groups in total. The lowest BCUT2D eigenvalue weighted by atomic mass is 10.2. The summed E-state index contributed by atoms with van der Waals surface area (Å²) < 4.78 is 0. The maximum absolute atomic E-state index is 11.9. The summed E-state index contributed by atoms with van der Waals surface area (Å²) in [4.78, 5) is 30.1. The molecular formula is C15H11ClN4O2. The summed E-state index contributed by atoms with van der Waals surface area (Å²) in [5, 5.41) is 6.42. The topological polar surface area (TPSA) is 86.9 Å². The Morgan fingerprint density at radius 2 is 1.73 bits per heavy atom. The number of nitrogens with one attached hydrogen (secondary N) is 3. The Morgan fingerprint density at radius 1 is 1.05 bits per heavy atom. The predicted octanol–water partition coefficient (Wildman–Crippen LogP) is 3.22. The van der Waals surface area contributed by atoms with Crippen LogP contribution in [0.5, 0.6) is 0 Å². The number of aromatic amines is 1. The maximum atomic E-state index is 11.9. The van der Waals surface area contributed by atoms with Gasteiger partial charge in [0.15, 0.2) is 0 Å². The van der Waals surface area contributed by atoms with Crippen LogP contribution in [0.4, 0.5) is 16.2 Å². The molecule has 1 aromatic heterocycles. The maximum Gasteiger partial charge on any atom is 0.323 e. The van der Waals surface area contributed by atoms with Crippen LogP contribution in [-0.4, -0.2) is 16.0 Å². The summed E-state index contributed by atoms with van der Waals surface area (Å²) in [6, 6.07) is 11.2. The highest BCUT2D eigenvalue weighted by Gasteiger charge is 2.05. The smallest absolute Gasteiger partial charge is 0.313 e. The molecule has 0 bridgehead atoms. The van der Waals surface area contributed by atoms with E-state index in [1.54, 1.807) is 42.5 Å². The molecule has 0 fully saturated rings. The molecule has 22 heavy (non-hydrogen) atoms. The van der Waals surface area contributed by atoms with E-state index in [2.05, 4.69) is 20.6 Å². The van der Waals surface area contributed by atoms with Crippen LogP contribution in [0.3, 0.4) is 0 Å². The number of hydrogen-bond donors (Lipinski definition) is 3. The van der Waals surface area contributed by atoms with Crippen LogP contribution < -0.4 is 16.2 Å². The van der Waals surface area contributed by atoms with Gasteiger partial charge in [0.25, 0.3) is 5.56 Å². The third-order valence-corrected chi connectivity index (χ3v) is 3.25. The molecule has 110 valence electrons. The van der Waals surface area contributed by atoms with E-state index < -0.39 is 6.03 Å². The third-order valence-electron chi connectivity index (χ3n) is 3.00. The Morgan fingerprint density at radius 3 is 2.50 bits per heavy atom. The largest absolute Gasteiger partial charge is 0.323 e. The molecular weight excluding hydrogens is 304 g/mol. The number of hydrogen-bond acceptors (Lipinski definition) is 3. The lowest BCUT2D eigenvalue weighted by molar-refractivity contribution is 0.262. The van der Waals surface area contributed by atoms with Crippen molar-refractivity contribution in [3.05, 3.63) is 64.2 Å². The number of carbonyl (C=O) groups excluding carboxylic acids is 1. The van der Waals surface area contributed by atoms with Crippen molar-refractivity contribution in [2.45, 2.75) is 0 Å². The Labute approximate surface area is 130 Å². The fourth-order valence-electron chi connectivity index (χ4n) is 1.97. The number of aromatic nitrogens is 2. The van der Waals surface area contributed by atoms with Gasteiger partial charge in [-0.25, -0.2) is 9.78 Å². The van der Waals surface area contributed by atoms with E-state index in [4.69, 9.17) is 11.6 Å². The number of benzene rings is 2. The fourth-order valence-corrected chi connectivity index (χ4v) is 2.10. The second-order valence-corrected chi connectivity index (χ2v) is 4.99. The Kier molecular flexibility index (Phi) is 3.76. The molecule has 1 heterocycles. The van der Waals surface area contributed by atoms with Crippen LogP contribution in [0.15, 0.2) is 53.6 Å². The highest BCUT2D eigenvalue weighted by molar-refractivity contribution is 6.30. The van der Waals surface area contributed by atoms with Crippen molar-refractivity contribution in [1.29, 1.82) is 0 Å². The quantitative estimate of drug-likeness (QED) is 0.678. The zero-order chi connectivity index (χ0) is 15.5. The number of rotatable bonds is 2. The summed E-state index contributed by atoms with van der Waals surface area (Å²) >= 11 is 5.78. The minimum Gasteiger partial charge on any atom is -0.313 e. The van der Waals surface area contributed by atoms with E-state index in [0.717, 1.165) is 0 Å². The van der Waals surface area contributed by atoms with Gasteiger partial charge in [0.05, 0.1) is 17.2 Å². The van der Waals surface area contributed by atoms with E-state index in [0.29, 0.717) is 27.3 Å². The minimum atomic E-state index is -0.397.